The Bertz CT molecular complexity index is 1000. The molecule has 2 N–H and O–H groups in total. The first kappa shape index (κ1) is 20.3. The molecule has 2 heterocycles. The van der Waals surface area contributed by atoms with Crippen LogP contribution in [0.25, 0.3) is 11.3 Å². The molecule has 0 bridgehead atoms. The van der Waals surface area contributed by atoms with E-state index in [0.29, 0.717) is 29.5 Å². The Morgan fingerprint density at radius 2 is 2.07 bits per heavy atom. The van der Waals surface area contributed by atoms with Crippen LogP contribution in [-0.4, -0.2) is 41.8 Å². The lowest BCUT2D eigenvalue weighted by Crippen LogP contribution is -2.48. The van der Waals surface area contributed by atoms with Crippen LogP contribution in [0.15, 0.2) is 54.6 Å². The molecule has 1 fully saturated rings. The fourth-order valence-corrected chi connectivity index (χ4v) is 3.88. The molecule has 1 saturated heterocycles. The lowest BCUT2D eigenvalue weighted by atomic mass is 10.0. The molecule has 1 aromatic heterocycles. The minimum Gasteiger partial charge on any atom is -0.493 e. The van der Waals surface area contributed by atoms with Crippen LogP contribution in [0.1, 0.15) is 30.1 Å². The van der Waals surface area contributed by atoms with E-state index in [2.05, 4.69) is 20.4 Å². The summed E-state index contributed by atoms with van der Waals surface area (Å²) < 4.78 is 5.60. The summed E-state index contributed by atoms with van der Waals surface area (Å²) >= 11 is 5.98. The molecule has 0 saturated carbocycles. The van der Waals surface area contributed by atoms with E-state index < -0.39 is 0 Å². The average molecular weight is 425 g/mol. The molecule has 1 atom stereocenters. The van der Waals surface area contributed by atoms with Gasteiger partial charge in [-0.05, 0) is 49.6 Å². The van der Waals surface area contributed by atoms with Crippen molar-refractivity contribution in [3.8, 4) is 17.0 Å². The summed E-state index contributed by atoms with van der Waals surface area (Å²) in [5, 5.41) is 11.5. The zero-order chi connectivity index (χ0) is 20.9. The number of nitrogens with zero attached hydrogens (tertiary/aromatic N) is 2. The highest BCUT2D eigenvalue weighted by molar-refractivity contribution is 6.30. The molecule has 0 spiro atoms. The number of anilines is 1. The van der Waals surface area contributed by atoms with Crippen LogP contribution in [0.2, 0.25) is 5.02 Å². The number of hydrogen-bond acceptors (Lipinski definition) is 4. The zero-order valence-corrected chi connectivity index (χ0v) is 17.7. The van der Waals surface area contributed by atoms with Crippen molar-refractivity contribution in [3.63, 3.8) is 0 Å². The minimum absolute atomic E-state index is 0.0524. The third-order valence-corrected chi connectivity index (χ3v) is 5.48. The summed E-state index contributed by atoms with van der Waals surface area (Å²) in [5.74, 6) is 1.40. The van der Waals surface area contributed by atoms with Gasteiger partial charge in [0.15, 0.2) is 5.82 Å². The van der Waals surface area contributed by atoms with Crippen molar-refractivity contribution in [2.75, 3.05) is 24.6 Å². The number of carbonyl (C=O) groups is 1. The maximum Gasteiger partial charge on any atom is 0.255 e. The average Bonchev–Trinajstić information content (AvgIpc) is 3.25. The van der Waals surface area contributed by atoms with Gasteiger partial charge >= 0.3 is 0 Å². The number of carbonyl (C=O) groups excluding carboxylic acids is 1. The Labute approximate surface area is 181 Å². The summed E-state index contributed by atoms with van der Waals surface area (Å²) in [7, 11) is 0. The van der Waals surface area contributed by atoms with Crippen LogP contribution in [0.5, 0.6) is 5.75 Å². The van der Waals surface area contributed by atoms with Crippen molar-refractivity contribution in [1.82, 2.24) is 15.5 Å². The summed E-state index contributed by atoms with van der Waals surface area (Å²) in [6, 6.07) is 17.1. The maximum atomic E-state index is 12.8. The summed E-state index contributed by atoms with van der Waals surface area (Å²) in [4.78, 5) is 15.0. The lowest BCUT2D eigenvalue weighted by molar-refractivity contribution is 0.0929. The van der Waals surface area contributed by atoms with E-state index in [9.17, 15) is 4.79 Å². The number of hydrogen-bond donors (Lipinski definition) is 2. The number of benzene rings is 2. The largest absolute Gasteiger partial charge is 0.493 e. The van der Waals surface area contributed by atoms with E-state index in [1.807, 2.05) is 55.5 Å². The number of amides is 1. The summed E-state index contributed by atoms with van der Waals surface area (Å²) in [6.07, 6.45) is 1.93. The van der Waals surface area contributed by atoms with Crippen LogP contribution < -0.4 is 15.0 Å². The van der Waals surface area contributed by atoms with Crippen LogP contribution in [0, 0.1) is 0 Å². The molecule has 0 aliphatic carbocycles. The van der Waals surface area contributed by atoms with Gasteiger partial charge in [-0.15, -0.1) is 0 Å². The highest BCUT2D eigenvalue weighted by Crippen LogP contribution is 2.25. The van der Waals surface area contributed by atoms with E-state index in [0.717, 1.165) is 36.5 Å². The number of aromatic amines is 1. The van der Waals surface area contributed by atoms with E-state index in [-0.39, 0.29) is 11.9 Å². The third-order valence-electron chi connectivity index (χ3n) is 5.23. The number of halogens is 1. The maximum absolute atomic E-state index is 12.8. The van der Waals surface area contributed by atoms with Crippen molar-refractivity contribution in [2.24, 2.45) is 0 Å². The van der Waals surface area contributed by atoms with Crippen molar-refractivity contribution in [1.29, 1.82) is 0 Å². The fraction of sp³-hybridized carbons (Fsp3) is 0.304. The Kier molecular flexibility index (Phi) is 6.23. The van der Waals surface area contributed by atoms with Gasteiger partial charge in [-0.2, -0.15) is 5.10 Å². The van der Waals surface area contributed by atoms with Gasteiger partial charge in [0.25, 0.3) is 5.91 Å². The molecule has 1 amide bonds. The Hall–Kier alpha value is -2.99. The quantitative estimate of drug-likeness (QED) is 0.610. The van der Waals surface area contributed by atoms with Crippen molar-refractivity contribution in [3.05, 3.63) is 65.2 Å². The highest BCUT2D eigenvalue weighted by atomic mass is 35.5. The smallest absolute Gasteiger partial charge is 0.255 e. The number of para-hydroxylation sites is 1. The van der Waals surface area contributed by atoms with E-state index in [1.54, 1.807) is 6.07 Å². The van der Waals surface area contributed by atoms with Crippen molar-refractivity contribution < 1.29 is 9.53 Å². The molecule has 2 aromatic carbocycles. The Morgan fingerprint density at radius 3 is 2.87 bits per heavy atom. The highest BCUT2D eigenvalue weighted by Gasteiger charge is 2.24. The van der Waals surface area contributed by atoms with Crippen molar-refractivity contribution in [2.45, 2.75) is 25.8 Å². The van der Waals surface area contributed by atoms with E-state index >= 15 is 0 Å². The normalized spacial score (nSPS) is 16.3. The first-order chi connectivity index (χ1) is 14.6. The van der Waals surface area contributed by atoms with Crippen LogP contribution in [0.3, 0.4) is 0 Å². The minimum atomic E-state index is -0.102. The summed E-state index contributed by atoms with van der Waals surface area (Å²) in [5.41, 5.74) is 2.55. The van der Waals surface area contributed by atoms with Gasteiger partial charge in [0, 0.05) is 30.2 Å². The molecule has 0 radical (unpaired) electrons. The molecular formula is C23H25ClN4O2. The second-order valence-electron chi connectivity index (χ2n) is 7.33. The molecule has 0 unspecified atom stereocenters. The number of rotatable bonds is 6. The van der Waals surface area contributed by atoms with Gasteiger partial charge in [0.2, 0.25) is 0 Å². The Morgan fingerprint density at radius 1 is 1.27 bits per heavy atom. The monoisotopic (exact) mass is 424 g/mol. The van der Waals surface area contributed by atoms with Gasteiger partial charge in [-0.25, -0.2) is 0 Å². The number of ether oxygens (including phenoxy) is 1. The van der Waals surface area contributed by atoms with Crippen LogP contribution >= 0.6 is 11.6 Å². The van der Waals surface area contributed by atoms with Crippen LogP contribution in [-0.2, 0) is 0 Å². The second kappa shape index (κ2) is 9.22. The molecule has 3 aromatic rings. The molecule has 156 valence electrons. The van der Waals surface area contributed by atoms with Gasteiger partial charge in [0.05, 0.1) is 17.9 Å². The van der Waals surface area contributed by atoms with E-state index in [4.69, 9.17) is 16.3 Å². The van der Waals surface area contributed by atoms with Gasteiger partial charge in [-0.3, -0.25) is 9.89 Å². The van der Waals surface area contributed by atoms with Crippen LogP contribution in [0.4, 0.5) is 5.82 Å². The molecule has 6 nitrogen and oxygen atoms in total. The first-order valence-corrected chi connectivity index (χ1v) is 10.6. The number of H-pyrrole nitrogens is 1. The predicted octanol–water partition coefficient (Wildman–Crippen LogP) is 4.53. The first-order valence-electron chi connectivity index (χ1n) is 10.2. The van der Waals surface area contributed by atoms with Gasteiger partial charge in [-0.1, -0.05) is 35.9 Å². The van der Waals surface area contributed by atoms with Gasteiger partial charge < -0.3 is 15.0 Å². The third kappa shape index (κ3) is 4.60. The molecule has 7 heteroatoms. The van der Waals surface area contributed by atoms with Gasteiger partial charge in [0.1, 0.15) is 5.75 Å². The lowest BCUT2D eigenvalue weighted by Gasteiger charge is -2.33. The summed E-state index contributed by atoms with van der Waals surface area (Å²) in [6.45, 7) is 4.06. The second-order valence-corrected chi connectivity index (χ2v) is 7.77. The Balaban J connectivity index is 1.43. The van der Waals surface area contributed by atoms with E-state index in [1.165, 1.54) is 0 Å². The molecule has 30 heavy (non-hydrogen) atoms. The molecule has 1 aliphatic heterocycles. The van der Waals surface area contributed by atoms with Crippen molar-refractivity contribution >= 4 is 23.3 Å². The number of aromatic nitrogens is 2. The number of nitrogens with one attached hydrogen (secondary N) is 2. The predicted molar refractivity (Wildman–Crippen MR) is 119 cm³/mol. The SMILES string of the molecule is CCOc1ccccc1C(=O)N[C@@H]1CCCN(c2cc(-c3ccc(Cl)cc3)[nH]n2)C1. The molecule has 4 rings (SSSR count). The zero-order valence-electron chi connectivity index (χ0n) is 16.9. The number of piperidine rings is 1. The topological polar surface area (TPSA) is 70.2 Å². The standard InChI is InChI=1S/C23H25ClN4O2/c1-2-30-21-8-4-3-7-19(21)23(29)25-18-6-5-13-28(15-18)22-14-20(26-27-22)16-9-11-17(24)12-10-16/h3-4,7-12,14,18H,2,5-6,13,15H2,1H3,(H,25,29)(H,26,27)/t18-/m1/s1. The molecular weight excluding hydrogens is 400 g/mol. The fourth-order valence-electron chi connectivity index (χ4n) is 3.75. The molecule has 1 aliphatic rings.